The number of nitrogens with zero attached hydrogens (tertiary/aromatic N) is 2. The van der Waals surface area contributed by atoms with E-state index in [0.29, 0.717) is 23.4 Å². The highest BCUT2D eigenvalue weighted by Crippen LogP contribution is 2.33. The van der Waals surface area contributed by atoms with E-state index >= 15 is 0 Å². The maximum absolute atomic E-state index is 12.4. The number of amides is 1. The molecule has 1 atom stereocenters. The molecule has 1 aliphatic heterocycles. The quantitative estimate of drug-likeness (QED) is 0.751. The van der Waals surface area contributed by atoms with Gasteiger partial charge in [0.05, 0.1) is 29.1 Å². The molecular formula is C19H19N3O3S. The molecule has 0 spiro atoms. The first-order chi connectivity index (χ1) is 12.7. The molecule has 6 nitrogen and oxygen atoms in total. The van der Waals surface area contributed by atoms with E-state index in [1.807, 2.05) is 30.3 Å². The third kappa shape index (κ3) is 3.40. The van der Waals surface area contributed by atoms with Gasteiger partial charge in [0.1, 0.15) is 0 Å². The molecule has 7 heteroatoms. The summed E-state index contributed by atoms with van der Waals surface area (Å²) in [7, 11) is 0. The first-order valence-electron chi connectivity index (χ1n) is 8.67. The van der Waals surface area contributed by atoms with Gasteiger partial charge in [-0.15, -0.1) is 11.3 Å². The van der Waals surface area contributed by atoms with Gasteiger partial charge in [-0.05, 0) is 31.0 Å². The highest BCUT2D eigenvalue weighted by molar-refractivity contribution is 7.14. The van der Waals surface area contributed by atoms with Gasteiger partial charge < -0.3 is 10.1 Å². The van der Waals surface area contributed by atoms with Crippen molar-refractivity contribution >= 4 is 28.0 Å². The number of fused-ring (bicyclic) bond motifs is 1. The molecule has 4 rings (SSSR count). The number of hydrogen-bond acceptors (Lipinski definition) is 5. The molecule has 1 amide bonds. The van der Waals surface area contributed by atoms with Crippen molar-refractivity contribution in [2.75, 3.05) is 13.2 Å². The number of carbonyl (C=O) groups excluding carboxylic acids is 1. The maximum atomic E-state index is 12.4. The lowest BCUT2D eigenvalue weighted by Gasteiger charge is -2.07. The van der Waals surface area contributed by atoms with Crippen molar-refractivity contribution < 1.29 is 9.53 Å². The van der Waals surface area contributed by atoms with Crippen LogP contribution in [-0.4, -0.2) is 28.8 Å². The fourth-order valence-electron chi connectivity index (χ4n) is 3.10. The molecule has 1 N–H and O–H groups in total. The second kappa shape index (κ2) is 7.39. The molecule has 3 heterocycles. The van der Waals surface area contributed by atoms with Crippen molar-refractivity contribution in [1.82, 2.24) is 15.1 Å². The number of rotatable bonds is 5. The predicted molar refractivity (Wildman–Crippen MR) is 101 cm³/mol. The predicted octanol–water partition coefficient (Wildman–Crippen LogP) is 2.74. The summed E-state index contributed by atoms with van der Waals surface area (Å²) in [5.41, 5.74) is -0.144. The van der Waals surface area contributed by atoms with E-state index in [9.17, 15) is 9.59 Å². The summed E-state index contributed by atoms with van der Waals surface area (Å²) >= 11 is 1.47. The molecule has 1 aliphatic rings. The van der Waals surface area contributed by atoms with Crippen LogP contribution in [0.25, 0.3) is 10.8 Å². The van der Waals surface area contributed by atoms with Crippen molar-refractivity contribution in [2.24, 2.45) is 0 Å². The Kier molecular flexibility index (Phi) is 4.81. The Morgan fingerprint density at radius 1 is 1.31 bits per heavy atom. The normalized spacial score (nSPS) is 16.8. The van der Waals surface area contributed by atoms with Crippen LogP contribution in [0.2, 0.25) is 0 Å². The zero-order chi connectivity index (χ0) is 17.9. The lowest BCUT2D eigenvalue weighted by atomic mass is 10.2. The Morgan fingerprint density at radius 2 is 2.19 bits per heavy atom. The van der Waals surface area contributed by atoms with E-state index in [0.717, 1.165) is 29.7 Å². The van der Waals surface area contributed by atoms with Crippen molar-refractivity contribution in [3.8, 4) is 0 Å². The molecular weight excluding hydrogens is 350 g/mol. The summed E-state index contributed by atoms with van der Waals surface area (Å²) in [6, 6.07) is 11.1. The van der Waals surface area contributed by atoms with Crippen molar-refractivity contribution in [3.63, 3.8) is 0 Å². The third-order valence-corrected chi connectivity index (χ3v) is 5.64. The lowest BCUT2D eigenvalue weighted by molar-refractivity contribution is 0.0956. The van der Waals surface area contributed by atoms with Gasteiger partial charge in [0, 0.05) is 23.4 Å². The van der Waals surface area contributed by atoms with Crippen LogP contribution in [0.3, 0.4) is 0 Å². The average molecular weight is 369 g/mol. The number of benzene rings is 1. The van der Waals surface area contributed by atoms with Crippen molar-refractivity contribution in [2.45, 2.75) is 25.5 Å². The van der Waals surface area contributed by atoms with E-state index in [2.05, 4.69) is 10.4 Å². The first kappa shape index (κ1) is 16.9. The van der Waals surface area contributed by atoms with Crippen LogP contribution in [0.15, 0.2) is 47.4 Å². The van der Waals surface area contributed by atoms with Gasteiger partial charge in [0.15, 0.2) is 0 Å². The van der Waals surface area contributed by atoms with Crippen LogP contribution in [-0.2, 0) is 11.3 Å². The van der Waals surface area contributed by atoms with E-state index < -0.39 is 0 Å². The zero-order valence-electron chi connectivity index (χ0n) is 14.2. The highest BCUT2D eigenvalue weighted by Gasteiger charge is 2.20. The van der Waals surface area contributed by atoms with Crippen LogP contribution < -0.4 is 10.9 Å². The van der Waals surface area contributed by atoms with Gasteiger partial charge in [-0.2, -0.15) is 5.10 Å². The van der Waals surface area contributed by atoms with Gasteiger partial charge >= 0.3 is 0 Å². The van der Waals surface area contributed by atoms with E-state index in [1.165, 1.54) is 16.0 Å². The molecule has 3 aromatic rings. The van der Waals surface area contributed by atoms with Gasteiger partial charge in [0.25, 0.3) is 11.5 Å². The monoisotopic (exact) mass is 369 g/mol. The fourth-order valence-corrected chi connectivity index (χ4v) is 4.11. The van der Waals surface area contributed by atoms with E-state index in [1.54, 1.807) is 12.3 Å². The molecule has 1 fully saturated rings. The summed E-state index contributed by atoms with van der Waals surface area (Å²) in [4.78, 5) is 26.5. The number of carbonyl (C=O) groups is 1. The molecule has 0 saturated carbocycles. The number of thiophene rings is 1. The van der Waals surface area contributed by atoms with Gasteiger partial charge in [-0.25, -0.2) is 4.68 Å². The van der Waals surface area contributed by atoms with Crippen LogP contribution >= 0.6 is 11.3 Å². The van der Waals surface area contributed by atoms with Crippen molar-refractivity contribution in [3.05, 3.63) is 62.7 Å². The van der Waals surface area contributed by atoms with Gasteiger partial charge in [-0.1, -0.05) is 18.2 Å². The van der Waals surface area contributed by atoms with Crippen LogP contribution in [0.1, 0.15) is 33.5 Å². The topological polar surface area (TPSA) is 73.2 Å². The van der Waals surface area contributed by atoms with E-state index in [4.69, 9.17) is 4.74 Å². The molecule has 26 heavy (non-hydrogen) atoms. The number of ether oxygens (including phenoxy) is 1. The minimum Gasteiger partial charge on any atom is -0.373 e. The lowest BCUT2D eigenvalue weighted by Crippen LogP contribution is -2.31. The summed E-state index contributed by atoms with van der Waals surface area (Å²) in [6.45, 7) is 1.47. The molecule has 134 valence electrons. The third-order valence-electron chi connectivity index (χ3n) is 4.47. The minimum absolute atomic E-state index is 0.127. The first-order valence-corrected chi connectivity index (χ1v) is 9.48. The van der Waals surface area contributed by atoms with Gasteiger partial charge in [0.2, 0.25) is 0 Å². The van der Waals surface area contributed by atoms with Crippen LogP contribution in [0, 0.1) is 0 Å². The van der Waals surface area contributed by atoms with Crippen LogP contribution in [0.4, 0.5) is 0 Å². The van der Waals surface area contributed by atoms with Crippen LogP contribution in [0.5, 0.6) is 0 Å². The molecule has 0 radical (unpaired) electrons. The summed E-state index contributed by atoms with van der Waals surface area (Å²) in [5, 5.41) is 8.48. The van der Waals surface area contributed by atoms with E-state index in [-0.39, 0.29) is 17.6 Å². The fraction of sp³-hybridized carbons (Fsp3) is 0.316. The zero-order valence-corrected chi connectivity index (χ0v) is 15.0. The number of hydrogen-bond donors (Lipinski definition) is 1. The standard InChI is InChI=1S/C19H19N3O3S/c23-18(17-8-7-16(26-17)15-6-3-11-25-15)20-9-10-22-19(24)14-5-2-1-4-13(14)12-21-22/h1-2,4-5,7-8,12,15H,3,6,9-11H2,(H,20,23)/t15-/m0/s1. The number of aromatic nitrogens is 2. The molecule has 2 aromatic heterocycles. The van der Waals surface area contributed by atoms with Gasteiger partial charge in [-0.3, -0.25) is 9.59 Å². The molecule has 0 unspecified atom stereocenters. The summed E-state index contributed by atoms with van der Waals surface area (Å²) < 4.78 is 7.04. The van der Waals surface area contributed by atoms with Crippen molar-refractivity contribution in [1.29, 1.82) is 0 Å². The smallest absolute Gasteiger partial charge is 0.274 e. The second-order valence-corrected chi connectivity index (χ2v) is 7.34. The highest BCUT2D eigenvalue weighted by atomic mass is 32.1. The number of nitrogens with one attached hydrogen (secondary N) is 1. The Labute approximate surface area is 154 Å². The minimum atomic E-state index is -0.144. The molecule has 1 saturated heterocycles. The molecule has 1 aromatic carbocycles. The Balaban J connectivity index is 1.38. The Morgan fingerprint density at radius 3 is 3.04 bits per heavy atom. The average Bonchev–Trinajstić information content (AvgIpc) is 3.35. The largest absolute Gasteiger partial charge is 0.373 e. The second-order valence-electron chi connectivity index (χ2n) is 6.22. The molecule has 0 aliphatic carbocycles. The molecule has 0 bridgehead atoms. The summed E-state index contributed by atoms with van der Waals surface area (Å²) in [6.07, 6.45) is 3.88. The summed E-state index contributed by atoms with van der Waals surface area (Å²) in [5.74, 6) is -0.131. The SMILES string of the molecule is O=C(NCCn1ncc2ccccc2c1=O)c1ccc([C@@H]2CCCO2)s1. The Bertz CT molecular complexity index is 989. The Hall–Kier alpha value is -2.51. The maximum Gasteiger partial charge on any atom is 0.274 e.